The molecule has 5 nitrogen and oxygen atoms in total. The Morgan fingerprint density at radius 1 is 1.13 bits per heavy atom. The van der Waals surface area contributed by atoms with E-state index in [1.807, 2.05) is 18.2 Å². The van der Waals surface area contributed by atoms with Gasteiger partial charge in [0.2, 0.25) is 5.91 Å². The maximum Gasteiger partial charge on any atom is 0.243 e. The highest BCUT2D eigenvalue weighted by Crippen LogP contribution is 2.32. The molecule has 0 bridgehead atoms. The number of hydrogen-bond donors (Lipinski definition) is 2. The summed E-state index contributed by atoms with van der Waals surface area (Å²) in [6.07, 6.45) is 0.956. The minimum absolute atomic E-state index is 0.182. The molecule has 2 aromatic carbocycles. The van der Waals surface area contributed by atoms with Crippen molar-refractivity contribution in [3.05, 3.63) is 65.5 Å². The molecule has 1 fully saturated rings. The van der Waals surface area contributed by atoms with Gasteiger partial charge < -0.3 is 15.5 Å². The Balaban J connectivity index is 1.55. The zero-order valence-electron chi connectivity index (χ0n) is 17.0. The van der Waals surface area contributed by atoms with Crippen molar-refractivity contribution in [3.8, 4) is 0 Å². The van der Waals surface area contributed by atoms with Crippen LogP contribution in [0.5, 0.6) is 0 Å². The molecule has 0 aromatic heterocycles. The van der Waals surface area contributed by atoms with Gasteiger partial charge in [-0.1, -0.05) is 37.3 Å². The molecule has 2 aromatic rings. The predicted octanol–water partition coefficient (Wildman–Crippen LogP) is 3.74. The molecule has 2 unspecified atom stereocenters. The fraction of sp³-hybridized carbons (Fsp3) is 0.364. The number of piperidine rings is 1. The largest absolute Gasteiger partial charge is 0.347 e. The van der Waals surface area contributed by atoms with Crippen LogP contribution in [0.2, 0.25) is 0 Å². The zero-order chi connectivity index (χ0) is 21.7. The van der Waals surface area contributed by atoms with E-state index in [0.717, 1.165) is 31.6 Å². The molecule has 1 heterocycles. The second-order valence-electron chi connectivity index (χ2n) is 7.40. The van der Waals surface area contributed by atoms with Crippen LogP contribution in [0, 0.1) is 23.4 Å². The number of guanidine groups is 1. The molecule has 0 saturated carbocycles. The van der Waals surface area contributed by atoms with Gasteiger partial charge in [-0.05, 0) is 36.0 Å². The van der Waals surface area contributed by atoms with Crippen LogP contribution >= 0.6 is 0 Å². The molecule has 2 atom stereocenters. The summed E-state index contributed by atoms with van der Waals surface area (Å²) in [4.78, 5) is 18.4. The van der Waals surface area contributed by atoms with E-state index in [1.54, 1.807) is 7.05 Å². The molecule has 0 aliphatic carbocycles. The highest BCUT2D eigenvalue weighted by molar-refractivity contribution is 5.95. The Labute approximate surface area is 174 Å². The number of nitrogens with one attached hydrogen (secondary N) is 2. The lowest BCUT2D eigenvalue weighted by atomic mass is 9.82. The average molecular weight is 418 g/mol. The summed E-state index contributed by atoms with van der Waals surface area (Å²) in [5.41, 5.74) is 0.911. The normalized spacial score (nSPS) is 19.5. The minimum atomic E-state index is -1.62. The molecule has 0 radical (unpaired) electrons. The summed E-state index contributed by atoms with van der Waals surface area (Å²) in [7, 11) is 1.63. The fourth-order valence-electron chi connectivity index (χ4n) is 3.84. The van der Waals surface area contributed by atoms with Crippen LogP contribution < -0.4 is 10.6 Å². The first kappa shape index (κ1) is 21.7. The summed E-state index contributed by atoms with van der Waals surface area (Å²) in [5, 5.41) is 5.19. The summed E-state index contributed by atoms with van der Waals surface area (Å²) < 4.78 is 40.0. The highest BCUT2D eigenvalue weighted by atomic mass is 19.2. The van der Waals surface area contributed by atoms with Crippen LogP contribution in [0.15, 0.2) is 47.5 Å². The number of rotatable bonds is 4. The number of amides is 1. The van der Waals surface area contributed by atoms with Gasteiger partial charge in [-0.3, -0.25) is 9.79 Å². The smallest absolute Gasteiger partial charge is 0.243 e. The second-order valence-corrected chi connectivity index (χ2v) is 7.40. The van der Waals surface area contributed by atoms with Crippen molar-refractivity contribution in [1.29, 1.82) is 0 Å². The number of carbonyl (C=O) groups excluding carboxylic acids is 1. The number of hydrogen-bond acceptors (Lipinski definition) is 2. The maximum absolute atomic E-state index is 13.7. The molecule has 2 N–H and O–H groups in total. The molecule has 1 saturated heterocycles. The van der Waals surface area contributed by atoms with Crippen LogP contribution in [0.25, 0.3) is 0 Å². The number of carbonyl (C=O) groups is 1. The Bertz CT molecular complexity index is 920. The molecular formula is C22H25F3N4O. The lowest BCUT2D eigenvalue weighted by molar-refractivity contribution is -0.115. The Kier molecular flexibility index (Phi) is 6.97. The first-order chi connectivity index (χ1) is 14.4. The third-order valence-corrected chi connectivity index (χ3v) is 5.36. The van der Waals surface area contributed by atoms with Crippen molar-refractivity contribution in [2.75, 3.05) is 32.0 Å². The van der Waals surface area contributed by atoms with E-state index in [2.05, 4.69) is 39.6 Å². The third kappa shape index (κ3) is 4.93. The average Bonchev–Trinajstić information content (AvgIpc) is 2.75. The standard InChI is InChI=1S/C22H25F3N4O/c1-14-13-29(11-10-16(14)15-6-4-3-5-7-15)22(26-2)27-12-19(30)28-18-9-8-17(23)20(24)21(18)25/h3-9,14,16H,10-13H2,1-2H3,(H,26,27)(H,28,30). The number of halogens is 3. The van der Waals surface area contributed by atoms with Gasteiger partial charge in [0.05, 0.1) is 12.2 Å². The monoisotopic (exact) mass is 418 g/mol. The SMILES string of the molecule is CN=C(NCC(=O)Nc1ccc(F)c(F)c1F)N1CCC(c2ccccc2)C(C)C1. The van der Waals surface area contributed by atoms with Gasteiger partial charge in [0.25, 0.3) is 0 Å². The van der Waals surface area contributed by atoms with Gasteiger partial charge in [0.1, 0.15) is 0 Å². The van der Waals surface area contributed by atoms with E-state index < -0.39 is 29.0 Å². The predicted molar refractivity (Wildman–Crippen MR) is 111 cm³/mol. The Morgan fingerprint density at radius 3 is 2.53 bits per heavy atom. The lowest BCUT2D eigenvalue weighted by Gasteiger charge is -2.38. The van der Waals surface area contributed by atoms with Crippen molar-refractivity contribution >= 4 is 17.6 Å². The van der Waals surface area contributed by atoms with Gasteiger partial charge in [0, 0.05) is 20.1 Å². The summed E-state index contributed by atoms with van der Waals surface area (Å²) in [6, 6.07) is 12.1. The van der Waals surface area contributed by atoms with Crippen LogP contribution in [0.1, 0.15) is 24.8 Å². The van der Waals surface area contributed by atoms with Crippen molar-refractivity contribution in [3.63, 3.8) is 0 Å². The van der Waals surface area contributed by atoms with Crippen molar-refractivity contribution in [2.45, 2.75) is 19.3 Å². The van der Waals surface area contributed by atoms with E-state index >= 15 is 0 Å². The van der Waals surface area contributed by atoms with Gasteiger partial charge >= 0.3 is 0 Å². The molecule has 1 aliphatic heterocycles. The summed E-state index contributed by atoms with van der Waals surface area (Å²) in [5.74, 6) is -3.53. The van der Waals surface area contributed by atoms with Crippen molar-refractivity contribution < 1.29 is 18.0 Å². The second kappa shape index (κ2) is 9.65. The van der Waals surface area contributed by atoms with E-state index in [-0.39, 0.29) is 6.54 Å². The molecule has 1 amide bonds. The molecule has 0 spiro atoms. The maximum atomic E-state index is 13.7. The van der Waals surface area contributed by atoms with E-state index in [4.69, 9.17) is 0 Å². The van der Waals surface area contributed by atoms with Gasteiger partial charge in [0.15, 0.2) is 23.4 Å². The molecule has 30 heavy (non-hydrogen) atoms. The van der Waals surface area contributed by atoms with E-state index in [1.165, 1.54) is 5.56 Å². The number of benzene rings is 2. The number of aliphatic imine (C=N–C) groups is 1. The molecular weight excluding hydrogens is 393 g/mol. The van der Waals surface area contributed by atoms with Crippen LogP contribution in [-0.2, 0) is 4.79 Å². The van der Waals surface area contributed by atoms with Crippen molar-refractivity contribution in [1.82, 2.24) is 10.2 Å². The van der Waals surface area contributed by atoms with Crippen molar-refractivity contribution in [2.24, 2.45) is 10.9 Å². The molecule has 8 heteroatoms. The Hall–Kier alpha value is -3.03. The van der Waals surface area contributed by atoms with Crippen LogP contribution in [0.3, 0.4) is 0 Å². The van der Waals surface area contributed by atoms with E-state index in [0.29, 0.717) is 17.8 Å². The lowest BCUT2D eigenvalue weighted by Crippen LogP contribution is -2.49. The number of likely N-dealkylation sites (tertiary alicyclic amines) is 1. The minimum Gasteiger partial charge on any atom is -0.347 e. The third-order valence-electron chi connectivity index (χ3n) is 5.36. The number of anilines is 1. The fourth-order valence-corrected chi connectivity index (χ4v) is 3.84. The molecule has 160 valence electrons. The van der Waals surface area contributed by atoms with E-state index in [9.17, 15) is 18.0 Å². The molecule has 3 rings (SSSR count). The summed E-state index contributed by atoms with van der Waals surface area (Å²) >= 11 is 0. The first-order valence-electron chi connectivity index (χ1n) is 9.84. The topological polar surface area (TPSA) is 56.7 Å². The molecule has 1 aliphatic rings. The van der Waals surface area contributed by atoms with Gasteiger partial charge in [-0.25, -0.2) is 13.2 Å². The number of nitrogens with zero attached hydrogens (tertiary/aromatic N) is 2. The Morgan fingerprint density at radius 2 is 1.87 bits per heavy atom. The van der Waals surface area contributed by atoms with Crippen LogP contribution in [-0.4, -0.2) is 43.4 Å². The zero-order valence-corrected chi connectivity index (χ0v) is 17.0. The van der Waals surface area contributed by atoms with Crippen LogP contribution in [0.4, 0.5) is 18.9 Å². The first-order valence-corrected chi connectivity index (χ1v) is 9.84. The highest BCUT2D eigenvalue weighted by Gasteiger charge is 2.28. The van der Waals surface area contributed by atoms with Gasteiger partial charge in [-0.15, -0.1) is 0 Å². The summed E-state index contributed by atoms with van der Waals surface area (Å²) in [6.45, 7) is 3.56. The van der Waals surface area contributed by atoms with Gasteiger partial charge in [-0.2, -0.15) is 0 Å². The quantitative estimate of drug-likeness (QED) is 0.452.